The highest BCUT2D eigenvalue weighted by Crippen LogP contribution is 2.23. The Kier molecular flexibility index (Phi) is 7.48. The van der Waals surface area contributed by atoms with Crippen molar-refractivity contribution in [3.8, 4) is 0 Å². The van der Waals surface area contributed by atoms with Crippen LogP contribution in [-0.4, -0.2) is 46.5 Å². The largest absolute Gasteiger partial charge is 0.376 e. The molecule has 1 saturated heterocycles. The smallest absolute Gasteiger partial charge is 0.191 e. The molecule has 1 aromatic carbocycles. The van der Waals surface area contributed by atoms with Gasteiger partial charge in [0.1, 0.15) is 12.4 Å². The number of hydrogen-bond donors (Lipinski definition) is 2. The van der Waals surface area contributed by atoms with Crippen molar-refractivity contribution >= 4 is 5.96 Å². The average Bonchev–Trinajstić information content (AvgIpc) is 3.38. The quantitative estimate of drug-likeness (QED) is 0.515. The van der Waals surface area contributed by atoms with Gasteiger partial charge < -0.3 is 19.9 Å². The lowest BCUT2D eigenvalue weighted by Crippen LogP contribution is -2.45. The molecular formula is C23H36N6O. The molecule has 0 radical (unpaired) electrons. The third-order valence-corrected chi connectivity index (χ3v) is 5.92. The number of ether oxygens (including phenoxy) is 1. The number of aliphatic imine (C=N–C) groups is 1. The molecule has 3 rings (SSSR count). The number of hydrogen-bond acceptors (Lipinski definition) is 4. The highest BCUT2D eigenvalue weighted by molar-refractivity contribution is 5.79. The molecule has 1 aliphatic rings. The molecular weight excluding hydrogens is 376 g/mol. The van der Waals surface area contributed by atoms with Gasteiger partial charge in [0, 0.05) is 32.2 Å². The zero-order valence-corrected chi connectivity index (χ0v) is 19.0. The zero-order valence-electron chi connectivity index (χ0n) is 19.0. The summed E-state index contributed by atoms with van der Waals surface area (Å²) in [6.07, 6.45) is 3.54. The minimum atomic E-state index is -0.0278. The van der Waals surface area contributed by atoms with Gasteiger partial charge in [-0.1, -0.05) is 45.0 Å². The normalized spacial score (nSPS) is 17.4. The van der Waals surface area contributed by atoms with Crippen molar-refractivity contribution in [3.63, 3.8) is 0 Å². The first-order chi connectivity index (χ1) is 14.4. The molecule has 0 spiro atoms. The van der Waals surface area contributed by atoms with E-state index >= 15 is 0 Å². The lowest BCUT2D eigenvalue weighted by atomic mass is 9.84. The van der Waals surface area contributed by atoms with Crippen LogP contribution >= 0.6 is 0 Å². The number of rotatable bonds is 8. The SMILES string of the molecule is CCc1ccc(C(C)(C)CNC(=NCc2nnc(C)n2C)NCC2CCCO2)cc1. The van der Waals surface area contributed by atoms with Crippen LogP contribution < -0.4 is 10.6 Å². The molecule has 7 nitrogen and oxygen atoms in total. The van der Waals surface area contributed by atoms with Gasteiger partial charge in [-0.2, -0.15) is 0 Å². The Bertz CT molecular complexity index is 834. The average molecular weight is 413 g/mol. The van der Waals surface area contributed by atoms with Crippen molar-refractivity contribution in [2.24, 2.45) is 12.0 Å². The van der Waals surface area contributed by atoms with Crippen molar-refractivity contribution in [1.82, 2.24) is 25.4 Å². The molecule has 164 valence electrons. The Morgan fingerprint density at radius 2 is 2.00 bits per heavy atom. The maximum absolute atomic E-state index is 5.75. The number of benzene rings is 1. The van der Waals surface area contributed by atoms with Crippen LogP contribution in [0.5, 0.6) is 0 Å². The Labute approximate surface area is 180 Å². The molecule has 0 aliphatic carbocycles. The summed E-state index contributed by atoms with van der Waals surface area (Å²) >= 11 is 0. The number of nitrogens with zero attached hydrogens (tertiary/aromatic N) is 4. The van der Waals surface area contributed by atoms with E-state index in [0.717, 1.165) is 56.6 Å². The van der Waals surface area contributed by atoms with Gasteiger partial charge in [-0.25, -0.2) is 4.99 Å². The van der Waals surface area contributed by atoms with E-state index in [1.54, 1.807) is 0 Å². The van der Waals surface area contributed by atoms with Crippen molar-refractivity contribution in [3.05, 3.63) is 47.0 Å². The van der Waals surface area contributed by atoms with E-state index < -0.39 is 0 Å². The minimum absolute atomic E-state index is 0.0278. The van der Waals surface area contributed by atoms with Crippen LogP contribution in [0.4, 0.5) is 0 Å². The van der Waals surface area contributed by atoms with Crippen molar-refractivity contribution in [2.45, 2.75) is 65.0 Å². The molecule has 0 bridgehead atoms. The first-order valence-electron chi connectivity index (χ1n) is 11.0. The van der Waals surface area contributed by atoms with E-state index in [9.17, 15) is 0 Å². The molecule has 1 fully saturated rings. The second kappa shape index (κ2) is 10.1. The molecule has 2 aromatic rings. The summed E-state index contributed by atoms with van der Waals surface area (Å²) in [5.74, 6) is 2.52. The summed E-state index contributed by atoms with van der Waals surface area (Å²) in [5.41, 5.74) is 2.65. The van der Waals surface area contributed by atoms with Crippen LogP contribution in [-0.2, 0) is 30.2 Å². The van der Waals surface area contributed by atoms with Gasteiger partial charge in [0.2, 0.25) is 0 Å². The maximum Gasteiger partial charge on any atom is 0.191 e. The predicted molar refractivity (Wildman–Crippen MR) is 121 cm³/mol. The summed E-state index contributed by atoms with van der Waals surface area (Å²) in [6, 6.07) is 8.91. The fraction of sp³-hybridized carbons (Fsp3) is 0.609. The molecule has 1 atom stereocenters. The standard InChI is InChI=1S/C23H36N6O/c1-6-18-9-11-19(12-10-18)23(3,4)16-26-22(24-14-20-8-7-13-30-20)25-15-21-28-27-17(2)29(21)5/h9-12,20H,6-8,13-16H2,1-5H3,(H2,24,25,26). The second-order valence-electron chi connectivity index (χ2n) is 8.69. The Balaban J connectivity index is 1.66. The molecule has 2 heterocycles. The van der Waals surface area contributed by atoms with E-state index in [4.69, 9.17) is 9.73 Å². The molecule has 1 unspecified atom stereocenters. The lowest BCUT2D eigenvalue weighted by molar-refractivity contribution is 0.113. The Morgan fingerprint density at radius 1 is 1.23 bits per heavy atom. The third-order valence-electron chi connectivity index (χ3n) is 5.92. The van der Waals surface area contributed by atoms with Crippen LogP contribution in [0.3, 0.4) is 0 Å². The van der Waals surface area contributed by atoms with E-state index in [2.05, 4.69) is 65.9 Å². The van der Waals surface area contributed by atoms with Gasteiger partial charge >= 0.3 is 0 Å². The van der Waals surface area contributed by atoms with E-state index in [1.165, 1.54) is 11.1 Å². The lowest BCUT2D eigenvalue weighted by Gasteiger charge is -2.27. The van der Waals surface area contributed by atoms with Gasteiger partial charge in [0.05, 0.1) is 6.10 Å². The molecule has 7 heteroatoms. The van der Waals surface area contributed by atoms with Crippen molar-refractivity contribution in [1.29, 1.82) is 0 Å². The van der Waals surface area contributed by atoms with Crippen LogP contribution in [0.25, 0.3) is 0 Å². The van der Waals surface area contributed by atoms with E-state index in [1.807, 2.05) is 18.5 Å². The number of aromatic nitrogens is 3. The number of nitrogens with one attached hydrogen (secondary N) is 2. The number of aryl methyl sites for hydroxylation is 2. The first-order valence-corrected chi connectivity index (χ1v) is 11.0. The van der Waals surface area contributed by atoms with E-state index in [-0.39, 0.29) is 11.5 Å². The topological polar surface area (TPSA) is 76.4 Å². The van der Waals surface area contributed by atoms with Crippen LogP contribution in [0.2, 0.25) is 0 Å². The Morgan fingerprint density at radius 3 is 2.60 bits per heavy atom. The van der Waals surface area contributed by atoms with Gasteiger partial charge in [-0.3, -0.25) is 0 Å². The van der Waals surface area contributed by atoms with Gasteiger partial charge in [-0.05, 0) is 37.3 Å². The van der Waals surface area contributed by atoms with Gasteiger partial charge in [-0.15, -0.1) is 10.2 Å². The second-order valence-corrected chi connectivity index (χ2v) is 8.69. The minimum Gasteiger partial charge on any atom is -0.376 e. The van der Waals surface area contributed by atoms with Gasteiger partial charge in [0.15, 0.2) is 11.8 Å². The summed E-state index contributed by atoms with van der Waals surface area (Å²) < 4.78 is 7.73. The zero-order chi connectivity index (χ0) is 21.6. The summed E-state index contributed by atoms with van der Waals surface area (Å²) in [6.45, 7) is 11.5. The molecule has 30 heavy (non-hydrogen) atoms. The van der Waals surface area contributed by atoms with Crippen molar-refractivity contribution in [2.75, 3.05) is 19.7 Å². The predicted octanol–water partition coefficient (Wildman–Crippen LogP) is 2.88. The highest BCUT2D eigenvalue weighted by Gasteiger charge is 2.22. The molecule has 1 aliphatic heterocycles. The summed E-state index contributed by atoms with van der Waals surface area (Å²) in [7, 11) is 1.97. The fourth-order valence-corrected chi connectivity index (χ4v) is 3.53. The Hall–Kier alpha value is -2.41. The summed E-state index contributed by atoms with van der Waals surface area (Å²) in [4.78, 5) is 4.77. The molecule has 2 N–H and O–H groups in total. The molecule has 0 saturated carbocycles. The third kappa shape index (κ3) is 5.81. The van der Waals surface area contributed by atoms with Crippen LogP contribution in [0.15, 0.2) is 29.3 Å². The highest BCUT2D eigenvalue weighted by atomic mass is 16.5. The van der Waals surface area contributed by atoms with Crippen LogP contribution in [0, 0.1) is 6.92 Å². The fourth-order valence-electron chi connectivity index (χ4n) is 3.53. The van der Waals surface area contributed by atoms with Gasteiger partial charge in [0.25, 0.3) is 0 Å². The molecule has 1 aromatic heterocycles. The van der Waals surface area contributed by atoms with Crippen LogP contribution in [0.1, 0.15) is 56.4 Å². The first kappa shape index (κ1) is 22.3. The number of guanidine groups is 1. The maximum atomic E-state index is 5.75. The monoisotopic (exact) mass is 412 g/mol. The summed E-state index contributed by atoms with van der Waals surface area (Å²) in [5, 5.41) is 15.3. The van der Waals surface area contributed by atoms with Crippen molar-refractivity contribution < 1.29 is 4.74 Å². The molecule has 0 amide bonds. The van der Waals surface area contributed by atoms with E-state index in [0.29, 0.717) is 6.54 Å².